The lowest BCUT2D eigenvalue weighted by Crippen LogP contribution is -2.21. The monoisotopic (exact) mass is 230 g/mol. The lowest BCUT2D eigenvalue weighted by atomic mass is 10.2. The van der Waals surface area contributed by atoms with E-state index in [4.69, 9.17) is 5.73 Å². The van der Waals surface area contributed by atoms with Gasteiger partial charge in [-0.25, -0.2) is 15.0 Å². The standard InChI is InChI=1S/C11H14N6/c1-13-7-2-3-8(4-7)17-6-16-9-10(12)14-5-15-11(9)17/h2-3,5-8,13H,4H2,1H3,(H2,12,14,15)/t7-,8?/m0/s1. The van der Waals surface area contributed by atoms with E-state index < -0.39 is 0 Å². The molecule has 1 aliphatic carbocycles. The van der Waals surface area contributed by atoms with E-state index in [9.17, 15) is 0 Å². The number of hydrogen-bond donors (Lipinski definition) is 2. The van der Waals surface area contributed by atoms with Gasteiger partial charge in [0.15, 0.2) is 11.5 Å². The lowest BCUT2D eigenvalue weighted by molar-refractivity contribution is 0.530. The molecule has 2 heterocycles. The number of nitrogens with one attached hydrogen (secondary N) is 1. The van der Waals surface area contributed by atoms with Crippen LogP contribution in [0.15, 0.2) is 24.8 Å². The Morgan fingerprint density at radius 2 is 2.24 bits per heavy atom. The number of allylic oxidation sites excluding steroid dienone is 1. The zero-order chi connectivity index (χ0) is 11.8. The number of anilines is 1. The van der Waals surface area contributed by atoms with E-state index in [0.717, 1.165) is 12.1 Å². The van der Waals surface area contributed by atoms with Crippen LogP contribution in [0.25, 0.3) is 11.2 Å². The molecule has 1 aliphatic rings. The van der Waals surface area contributed by atoms with Gasteiger partial charge in [0.05, 0.1) is 12.4 Å². The molecular formula is C11H14N6. The first-order valence-corrected chi connectivity index (χ1v) is 5.58. The third-order valence-electron chi connectivity index (χ3n) is 3.18. The zero-order valence-corrected chi connectivity index (χ0v) is 9.54. The molecule has 0 amide bonds. The quantitative estimate of drug-likeness (QED) is 0.734. The van der Waals surface area contributed by atoms with Crippen LogP contribution in [0, 0.1) is 0 Å². The normalized spacial score (nSPS) is 23.6. The molecule has 3 rings (SSSR count). The average Bonchev–Trinajstić information content (AvgIpc) is 2.94. The van der Waals surface area contributed by atoms with Gasteiger partial charge in [0, 0.05) is 6.04 Å². The van der Waals surface area contributed by atoms with E-state index in [1.807, 2.05) is 11.6 Å². The minimum atomic E-state index is 0.284. The summed E-state index contributed by atoms with van der Waals surface area (Å²) in [6.45, 7) is 0. The fourth-order valence-electron chi connectivity index (χ4n) is 2.21. The molecule has 17 heavy (non-hydrogen) atoms. The molecule has 0 saturated heterocycles. The number of nitrogen functional groups attached to an aromatic ring is 1. The topological polar surface area (TPSA) is 81.7 Å². The first kappa shape index (κ1) is 10.2. The summed E-state index contributed by atoms with van der Waals surface area (Å²) in [6.07, 6.45) is 8.60. The van der Waals surface area contributed by atoms with Crippen molar-refractivity contribution in [3.63, 3.8) is 0 Å². The summed E-state index contributed by atoms with van der Waals surface area (Å²) < 4.78 is 2.04. The highest BCUT2D eigenvalue weighted by Crippen LogP contribution is 2.26. The fraction of sp³-hybridized carbons (Fsp3) is 0.364. The van der Waals surface area contributed by atoms with Gasteiger partial charge < -0.3 is 15.6 Å². The van der Waals surface area contributed by atoms with Crippen molar-refractivity contribution in [3.8, 4) is 0 Å². The zero-order valence-electron chi connectivity index (χ0n) is 9.54. The van der Waals surface area contributed by atoms with Crippen LogP contribution in [0.5, 0.6) is 0 Å². The largest absolute Gasteiger partial charge is 0.382 e. The summed E-state index contributed by atoms with van der Waals surface area (Å²) in [6, 6.07) is 0.698. The van der Waals surface area contributed by atoms with Crippen molar-refractivity contribution in [3.05, 3.63) is 24.8 Å². The van der Waals surface area contributed by atoms with Gasteiger partial charge in [-0.15, -0.1) is 0 Å². The van der Waals surface area contributed by atoms with Crippen LogP contribution in [0.2, 0.25) is 0 Å². The second-order valence-electron chi connectivity index (χ2n) is 4.17. The molecule has 0 bridgehead atoms. The van der Waals surface area contributed by atoms with Gasteiger partial charge in [-0.05, 0) is 13.5 Å². The Hall–Kier alpha value is -1.95. The number of likely N-dealkylation sites (N-methyl/N-ethyl adjacent to an activating group) is 1. The number of aromatic nitrogens is 4. The van der Waals surface area contributed by atoms with E-state index in [1.165, 1.54) is 6.33 Å². The van der Waals surface area contributed by atoms with Crippen molar-refractivity contribution in [1.29, 1.82) is 0 Å². The minimum Gasteiger partial charge on any atom is -0.382 e. The fourth-order valence-corrected chi connectivity index (χ4v) is 2.21. The number of imidazole rings is 1. The third-order valence-corrected chi connectivity index (χ3v) is 3.18. The molecule has 1 unspecified atom stereocenters. The number of nitrogens with zero attached hydrogens (tertiary/aromatic N) is 4. The Bertz CT molecular complexity index is 572. The molecule has 3 N–H and O–H groups in total. The van der Waals surface area contributed by atoms with E-state index in [-0.39, 0.29) is 6.04 Å². The molecule has 2 atom stereocenters. The second-order valence-corrected chi connectivity index (χ2v) is 4.17. The summed E-state index contributed by atoms with van der Waals surface area (Å²) in [7, 11) is 1.96. The van der Waals surface area contributed by atoms with Crippen molar-refractivity contribution in [2.75, 3.05) is 12.8 Å². The smallest absolute Gasteiger partial charge is 0.165 e. The molecule has 0 saturated carbocycles. The Morgan fingerprint density at radius 1 is 1.35 bits per heavy atom. The SMILES string of the molecule is CN[C@H]1C=CC(n2cnc3c(N)ncnc32)C1. The molecule has 0 aromatic carbocycles. The van der Waals surface area contributed by atoms with E-state index in [2.05, 4.69) is 32.4 Å². The first-order valence-electron chi connectivity index (χ1n) is 5.58. The molecule has 6 heteroatoms. The molecule has 0 spiro atoms. The van der Waals surface area contributed by atoms with E-state index in [0.29, 0.717) is 17.4 Å². The predicted octanol–water partition coefficient (Wildman–Crippen LogP) is 0.497. The maximum absolute atomic E-state index is 5.76. The van der Waals surface area contributed by atoms with Gasteiger partial charge in [-0.2, -0.15) is 0 Å². The van der Waals surface area contributed by atoms with Gasteiger partial charge in [-0.3, -0.25) is 0 Å². The highest BCUT2D eigenvalue weighted by atomic mass is 15.1. The first-order chi connectivity index (χ1) is 8.29. The Morgan fingerprint density at radius 3 is 3.00 bits per heavy atom. The Kier molecular flexibility index (Phi) is 2.29. The van der Waals surface area contributed by atoms with Crippen LogP contribution in [0.3, 0.4) is 0 Å². The number of rotatable bonds is 2. The van der Waals surface area contributed by atoms with Crippen LogP contribution in [-0.2, 0) is 0 Å². The molecular weight excluding hydrogens is 216 g/mol. The summed E-state index contributed by atoms with van der Waals surface area (Å²) >= 11 is 0. The van der Waals surface area contributed by atoms with Gasteiger partial charge in [0.2, 0.25) is 0 Å². The van der Waals surface area contributed by atoms with Crippen molar-refractivity contribution >= 4 is 17.0 Å². The van der Waals surface area contributed by atoms with Crippen molar-refractivity contribution < 1.29 is 0 Å². The number of nitrogens with two attached hydrogens (primary N) is 1. The molecule has 0 aliphatic heterocycles. The molecule has 88 valence electrons. The van der Waals surface area contributed by atoms with Crippen molar-refractivity contribution in [2.45, 2.75) is 18.5 Å². The highest BCUT2D eigenvalue weighted by Gasteiger charge is 2.21. The maximum Gasteiger partial charge on any atom is 0.165 e. The number of hydrogen-bond acceptors (Lipinski definition) is 5. The summed E-state index contributed by atoms with van der Waals surface area (Å²) in [5.41, 5.74) is 7.23. The average molecular weight is 230 g/mol. The highest BCUT2D eigenvalue weighted by molar-refractivity contribution is 5.81. The van der Waals surface area contributed by atoms with Crippen LogP contribution >= 0.6 is 0 Å². The van der Waals surface area contributed by atoms with E-state index >= 15 is 0 Å². The predicted molar refractivity (Wildman–Crippen MR) is 65.4 cm³/mol. The summed E-state index contributed by atoms with van der Waals surface area (Å²) in [5.74, 6) is 0.431. The molecule has 2 aromatic rings. The van der Waals surface area contributed by atoms with Gasteiger partial charge >= 0.3 is 0 Å². The van der Waals surface area contributed by atoms with E-state index in [1.54, 1.807) is 6.33 Å². The molecule has 6 nitrogen and oxygen atoms in total. The van der Waals surface area contributed by atoms with Crippen molar-refractivity contribution in [1.82, 2.24) is 24.8 Å². The Balaban J connectivity index is 2.02. The Labute approximate surface area is 98.6 Å². The maximum atomic E-state index is 5.76. The molecule has 0 fully saturated rings. The van der Waals surface area contributed by atoms with Crippen LogP contribution in [0.4, 0.5) is 5.82 Å². The minimum absolute atomic E-state index is 0.284. The number of fused-ring (bicyclic) bond motifs is 1. The molecule has 0 radical (unpaired) electrons. The van der Waals surface area contributed by atoms with Crippen LogP contribution < -0.4 is 11.1 Å². The van der Waals surface area contributed by atoms with Crippen LogP contribution in [-0.4, -0.2) is 32.6 Å². The van der Waals surface area contributed by atoms with Gasteiger partial charge in [-0.1, -0.05) is 12.2 Å². The second kappa shape index (κ2) is 3.81. The summed E-state index contributed by atoms with van der Waals surface area (Å²) in [4.78, 5) is 12.5. The molecule has 2 aromatic heterocycles. The third kappa shape index (κ3) is 1.57. The van der Waals surface area contributed by atoms with Gasteiger partial charge in [0.1, 0.15) is 11.8 Å². The van der Waals surface area contributed by atoms with Crippen molar-refractivity contribution in [2.24, 2.45) is 0 Å². The van der Waals surface area contributed by atoms with Crippen LogP contribution in [0.1, 0.15) is 12.5 Å². The lowest BCUT2D eigenvalue weighted by Gasteiger charge is -2.13. The summed E-state index contributed by atoms with van der Waals surface area (Å²) in [5, 5.41) is 3.24. The van der Waals surface area contributed by atoms with Gasteiger partial charge in [0.25, 0.3) is 0 Å².